The highest BCUT2D eigenvalue weighted by Crippen LogP contribution is 2.28. The standard InChI is InChI=1S/C23H31N3/c1-18-2-4-20(5-3-18)21-6-8-22(9-7-21)25-14-11-23(12-15-25)26-13-10-19(16-24)17-26/h2-9,19,23H,10-17,24H2,1H3/t19-/m0/s1. The van der Waals surface area contributed by atoms with Crippen LogP contribution >= 0.6 is 0 Å². The summed E-state index contributed by atoms with van der Waals surface area (Å²) in [6.45, 7) is 7.78. The first-order chi connectivity index (χ1) is 12.7. The molecule has 2 saturated heterocycles. The maximum atomic E-state index is 5.85. The van der Waals surface area contributed by atoms with E-state index >= 15 is 0 Å². The van der Waals surface area contributed by atoms with E-state index in [0.717, 1.165) is 18.5 Å². The molecular weight excluding hydrogens is 318 g/mol. The molecule has 1 atom stereocenters. The molecule has 0 bridgehead atoms. The lowest BCUT2D eigenvalue weighted by atomic mass is 10.0. The Morgan fingerprint density at radius 3 is 2.04 bits per heavy atom. The molecule has 2 heterocycles. The Labute approximate surface area is 157 Å². The first kappa shape index (κ1) is 17.6. The van der Waals surface area contributed by atoms with Crippen molar-refractivity contribution in [1.29, 1.82) is 0 Å². The first-order valence-electron chi connectivity index (χ1n) is 10.1. The Kier molecular flexibility index (Phi) is 5.28. The Hall–Kier alpha value is -1.84. The second-order valence-electron chi connectivity index (χ2n) is 8.02. The van der Waals surface area contributed by atoms with Gasteiger partial charge in [0.2, 0.25) is 0 Å². The van der Waals surface area contributed by atoms with Crippen molar-refractivity contribution in [3.05, 3.63) is 54.1 Å². The molecule has 2 aliphatic rings. The lowest BCUT2D eigenvalue weighted by molar-refractivity contribution is 0.201. The summed E-state index contributed by atoms with van der Waals surface area (Å²) in [5, 5.41) is 0. The van der Waals surface area contributed by atoms with Crippen LogP contribution in [0.25, 0.3) is 11.1 Å². The number of likely N-dealkylation sites (tertiary alicyclic amines) is 1. The summed E-state index contributed by atoms with van der Waals surface area (Å²) in [5.41, 5.74) is 11.1. The normalized spacial score (nSPS) is 22.1. The van der Waals surface area contributed by atoms with Gasteiger partial charge in [0, 0.05) is 31.4 Å². The largest absolute Gasteiger partial charge is 0.371 e. The van der Waals surface area contributed by atoms with Gasteiger partial charge in [0.15, 0.2) is 0 Å². The van der Waals surface area contributed by atoms with Crippen molar-refractivity contribution < 1.29 is 0 Å². The zero-order valence-electron chi connectivity index (χ0n) is 15.9. The van der Waals surface area contributed by atoms with E-state index in [2.05, 4.69) is 65.3 Å². The third kappa shape index (κ3) is 3.79. The van der Waals surface area contributed by atoms with Crippen LogP contribution < -0.4 is 10.6 Å². The van der Waals surface area contributed by atoms with Gasteiger partial charge in [-0.3, -0.25) is 4.90 Å². The molecule has 26 heavy (non-hydrogen) atoms. The number of nitrogens with two attached hydrogens (primary N) is 1. The van der Waals surface area contributed by atoms with E-state index in [9.17, 15) is 0 Å². The number of hydrogen-bond donors (Lipinski definition) is 1. The molecule has 0 unspecified atom stereocenters. The molecule has 2 aromatic carbocycles. The van der Waals surface area contributed by atoms with Gasteiger partial charge in [0.1, 0.15) is 0 Å². The Morgan fingerprint density at radius 2 is 1.46 bits per heavy atom. The summed E-state index contributed by atoms with van der Waals surface area (Å²) in [5.74, 6) is 0.724. The van der Waals surface area contributed by atoms with Gasteiger partial charge >= 0.3 is 0 Å². The molecule has 2 N–H and O–H groups in total. The van der Waals surface area contributed by atoms with Crippen molar-refractivity contribution in [1.82, 2.24) is 4.90 Å². The van der Waals surface area contributed by atoms with Crippen molar-refractivity contribution >= 4 is 5.69 Å². The van der Waals surface area contributed by atoms with E-state index in [0.29, 0.717) is 0 Å². The maximum Gasteiger partial charge on any atom is 0.0366 e. The van der Waals surface area contributed by atoms with Crippen molar-refractivity contribution in [3.63, 3.8) is 0 Å². The molecule has 3 heteroatoms. The fraction of sp³-hybridized carbons (Fsp3) is 0.478. The van der Waals surface area contributed by atoms with Gasteiger partial charge in [0.25, 0.3) is 0 Å². The highest BCUT2D eigenvalue weighted by atomic mass is 15.2. The monoisotopic (exact) mass is 349 g/mol. The van der Waals surface area contributed by atoms with Crippen LogP contribution in [0.4, 0.5) is 5.69 Å². The van der Waals surface area contributed by atoms with Crippen molar-refractivity contribution in [2.24, 2.45) is 11.7 Å². The maximum absolute atomic E-state index is 5.85. The first-order valence-corrected chi connectivity index (χ1v) is 10.1. The number of piperidine rings is 1. The van der Waals surface area contributed by atoms with E-state index in [1.165, 1.54) is 67.8 Å². The molecule has 2 aromatic rings. The van der Waals surface area contributed by atoms with E-state index in [-0.39, 0.29) is 0 Å². The summed E-state index contributed by atoms with van der Waals surface area (Å²) in [7, 11) is 0. The molecule has 0 saturated carbocycles. The number of aryl methyl sites for hydroxylation is 1. The number of anilines is 1. The molecule has 0 amide bonds. The summed E-state index contributed by atoms with van der Waals surface area (Å²) >= 11 is 0. The third-order valence-corrected chi connectivity index (χ3v) is 6.25. The zero-order valence-corrected chi connectivity index (χ0v) is 15.9. The van der Waals surface area contributed by atoms with Crippen molar-refractivity contribution in [2.75, 3.05) is 37.6 Å². The van der Waals surface area contributed by atoms with Gasteiger partial charge in [-0.1, -0.05) is 42.0 Å². The van der Waals surface area contributed by atoms with E-state index < -0.39 is 0 Å². The van der Waals surface area contributed by atoms with E-state index in [4.69, 9.17) is 5.73 Å². The third-order valence-electron chi connectivity index (χ3n) is 6.25. The summed E-state index contributed by atoms with van der Waals surface area (Å²) < 4.78 is 0. The van der Waals surface area contributed by atoms with Crippen LogP contribution in [0, 0.1) is 12.8 Å². The number of benzene rings is 2. The van der Waals surface area contributed by atoms with Gasteiger partial charge < -0.3 is 10.6 Å². The molecule has 0 aliphatic carbocycles. The lowest BCUT2D eigenvalue weighted by Crippen LogP contribution is -2.44. The minimum atomic E-state index is 0.724. The Balaban J connectivity index is 1.35. The molecule has 2 fully saturated rings. The minimum Gasteiger partial charge on any atom is -0.371 e. The zero-order chi connectivity index (χ0) is 17.9. The van der Waals surface area contributed by atoms with E-state index in [1.54, 1.807) is 0 Å². The highest BCUT2D eigenvalue weighted by Gasteiger charge is 2.30. The number of nitrogens with zero attached hydrogens (tertiary/aromatic N) is 2. The van der Waals surface area contributed by atoms with Gasteiger partial charge in [-0.2, -0.15) is 0 Å². The summed E-state index contributed by atoms with van der Waals surface area (Å²) in [6.07, 6.45) is 3.84. The van der Waals surface area contributed by atoms with Gasteiger partial charge in [-0.25, -0.2) is 0 Å². The smallest absolute Gasteiger partial charge is 0.0366 e. The average molecular weight is 350 g/mol. The second-order valence-corrected chi connectivity index (χ2v) is 8.02. The predicted octanol–water partition coefficient (Wildman–Crippen LogP) is 3.91. The topological polar surface area (TPSA) is 32.5 Å². The molecular formula is C23H31N3. The van der Waals surface area contributed by atoms with Crippen LogP contribution in [-0.4, -0.2) is 43.7 Å². The molecule has 0 spiro atoms. The minimum absolute atomic E-state index is 0.724. The van der Waals surface area contributed by atoms with Crippen molar-refractivity contribution in [2.45, 2.75) is 32.2 Å². The fourth-order valence-electron chi connectivity index (χ4n) is 4.49. The lowest BCUT2D eigenvalue weighted by Gasteiger charge is -2.38. The van der Waals surface area contributed by atoms with Gasteiger partial charge in [-0.05, 0) is 68.5 Å². The molecule has 138 valence electrons. The predicted molar refractivity (Wildman–Crippen MR) is 111 cm³/mol. The number of rotatable bonds is 4. The second kappa shape index (κ2) is 7.81. The molecule has 0 aromatic heterocycles. The molecule has 2 aliphatic heterocycles. The van der Waals surface area contributed by atoms with Crippen LogP contribution in [0.2, 0.25) is 0 Å². The molecule has 3 nitrogen and oxygen atoms in total. The van der Waals surface area contributed by atoms with Crippen LogP contribution in [0.3, 0.4) is 0 Å². The SMILES string of the molecule is Cc1ccc(-c2ccc(N3CCC(N4CC[C@@H](CN)C4)CC3)cc2)cc1. The van der Waals surface area contributed by atoms with Gasteiger partial charge in [0.05, 0.1) is 0 Å². The van der Waals surface area contributed by atoms with Crippen LogP contribution in [-0.2, 0) is 0 Å². The summed E-state index contributed by atoms with van der Waals surface area (Å²) in [4.78, 5) is 5.24. The van der Waals surface area contributed by atoms with Crippen LogP contribution in [0.5, 0.6) is 0 Å². The van der Waals surface area contributed by atoms with Crippen molar-refractivity contribution in [3.8, 4) is 11.1 Å². The van der Waals surface area contributed by atoms with Crippen LogP contribution in [0.1, 0.15) is 24.8 Å². The molecule has 4 rings (SSSR count). The van der Waals surface area contributed by atoms with E-state index in [1.807, 2.05) is 0 Å². The summed E-state index contributed by atoms with van der Waals surface area (Å²) in [6, 6.07) is 18.6. The van der Waals surface area contributed by atoms with Crippen LogP contribution in [0.15, 0.2) is 48.5 Å². The Bertz CT molecular complexity index is 699. The highest BCUT2D eigenvalue weighted by molar-refractivity contribution is 5.66. The number of hydrogen-bond acceptors (Lipinski definition) is 3. The average Bonchev–Trinajstić information content (AvgIpc) is 3.18. The molecule has 0 radical (unpaired) electrons. The quantitative estimate of drug-likeness (QED) is 0.908. The Morgan fingerprint density at radius 1 is 0.846 bits per heavy atom. The van der Waals surface area contributed by atoms with Gasteiger partial charge in [-0.15, -0.1) is 0 Å². The fourth-order valence-corrected chi connectivity index (χ4v) is 4.49.